The molecule has 0 saturated carbocycles. The molecule has 0 radical (unpaired) electrons. The van der Waals surface area contributed by atoms with E-state index >= 15 is 0 Å². The lowest BCUT2D eigenvalue weighted by Gasteiger charge is -2.05. The van der Waals surface area contributed by atoms with Gasteiger partial charge < -0.3 is 9.47 Å². The minimum Gasteiger partial charge on any atom is -0.497 e. The number of hydrogen-bond acceptors (Lipinski definition) is 6. The monoisotopic (exact) mass is 403 g/mol. The summed E-state index contributed by atoms with van der Waals surface area (Å²) in [4.78, 5) is 34.8. The molecule has 0 N–H and O–H groups in total. The highest BCUT2D eigenvalue weighted by molar-refractivity contribution is 6.06. The molecule has 3 rings (SSSR count). The van der Waals surface area contributed by atoms with Crippen molar-refractivity contribution in [2.45, 2.75) is 0 Å². The van der Waals surface area contributed by atoms with Gasteiger partial charge in [0.15, 0.2) is 5.78 Å². The number of ether oxygens (including phenoxy) is 2. The van der Waals surface area contributed by atoms with Crippen LogP contribution in [-0.4, -0.2) is 23.8 Å². The Bertz CT molecular complexity index is 1120. The molecular formula is C23H17NO6. The summed E-state index contributed by atoms with van der Waals surface area (Å²) in [5.74, 6) is 0.0186. The number of esters is 1. The van der Waals surface area contributed by atoms with Gasteiger partial charge in [-0.1, -0.05) is 24.3 Å². The summed E-state index contributed by atoms with van der Waals surface area (Å²) in [7, 11) is 1.55. The maximum Gasteiger partial charge on any atom is 0.343 e. The minimum atomic E-state index is -0.714. The van der Waals surface area contributed by atoms with E-state index in [0.29, 0.717) is 16.9 Å². The van der Waals surface area contributed by atoms with Crippen LogP contribution in [0.1, 0.15) is 26.3 Å². The third-order valence-corrected chi connectivity index (χ3v) is 4.16. The second-order valence-corrected chi connectivity index (χ2v) is 6.20. The Hall–Kier alpha value is -4.26. The van der Waals surface area contributed by atoms with Crippen molar-refractivity contribution in [3.05, 3.63) is 106 Å². The smallest absolute Gasteiger partial charge is 0.343 e. The standard InChI is InChI=1S/C23H17NO6/c1-29-20-11-9-17(10-12-20)22(25)13-8-16-4-2-7-21(14-16)30-23(26)18-5-3-6-19(15-18)24(27)28/h2-15H,1H3. The molecule has 3 aromatic carbocycles. The first-order chi connectivity index (χ1) is 14.5. The summed E-state index contributed by atoms with van der Waals surface area (Å²) < 4.78 is 10.4. The Balaban J connectivity index is 1.70. The zero-order chi connectivity index (χ0) is 21.5. The van der Waals surface area contributed by atoms with Crippen molar-refractivity contribution in [2.24, 2.45) is 0 Å². The largest absolute Gasteiger partial charge is 0.497 e. The first kappa shape index (κ1) is 20.5. The summed E-state index contributed by atoms with van der Waals surface area (Å²) in [6, 6.07) is 18.6. The first-order valence-electron chi connectivity index (χ1n) is 8.89. The number of benzene rings is 3. The number of nitro benzene ring substituents is 1. The van der Waals surface area contributed by atoms with Gasteiger partial charge in [-0.2, -0.15) is 0 Å². The van der Waals surface area contributed by atoms with Gasteiger partial charge in [0.2, 0.25) is 0 Å². The molecule has 0 unspecified atom stereocenters. The van der Waals surface area contributed by atoms with Gasteiger partial charge >= 0.3 is 5.97 Å². The molecule has 0 atom stereocenters. The van der Waals surface area contributed by atoms with E-state index in [1.807, 2.05) is 0 Å². The van der Waals surface area contributed by atoms with Crippen LogP contribution < -0.4 is 9.47 Å². The predicted molar refractivity (Wildman–Crippen MR) is 111 cm³/mol. The zero-order valence-electron chi connectivity index (χ0n) is 16.0. The molecule has 0 aliphatic heterocycles. The molecule has 7 nitrogen and oxygen atoms in total. The lowest BCUT2D eigenvalue weighted by atomic mass is 10.1. The summed E-state index contributed by atoms with van der Waals surface area (Å²) in [5, 5.41) is 10.9. The number of allylic oxidation sites excluding steroid dienone is 1. The van der Waals surface area contributed by atoms with Crippen molar-refractivity contribution < 1.29 is 24.0 Å². The van der Waals surface area contributed by atoms with Crippen molar-refractivity contribution in [3.63, 3.8) is 0 Å². The maximum absolute atomic E-state index is 12.3. The minimum absolute atomic E-state index is 0.0693. The van der Waals surface area contributed by atoms with Crippen molar-refractivity contribution in [1.29, 1.82) is 0 Å². The van der Waals surface area contributed by atoms with E-state index in [9.17, 15) is 19.7 Å². The number of nitrogens with zero attached hydrogens (tertiary/aromatic N) is 1. The lowest BCUT2D eigenvalue weighted by Crippen LogP contribution is -2.08. The van der Waals surface area contributed by atoms with E-state index in [1.165, 1.54) is 24.3 Å². The molecule has 0 aromatic heterocycles. The molecule has 30 heavy (non-hydrogen) atoms. The fraction of sp³-hybridized carbons (Fsp3) is 0.0435. The Kier molecular flexibility index (Phi) is 6.34. The highest BCUT2D eigenvalue weighted by Gasteiger charge is 2.13. The quantitative estimate of drug-likeness (QED) is 0.141. The zero-order valence-corrected chi connectivity index (χ0v) is 16.0. The summed E-state index contributed by atoms with van der Waals surface area (Å²) in [6.07, 6.45) is 3.03. The van der Waals surface area contributed by atoms with Gasteiger partial charge in [-0.25, -0.2) is 4.79 Å². The van der Waals surface area contributed by atoms with Crippen molar-refractivity contribution in [3.8, 4) is 11.5 Å². The van der Waals surface area contributed by atoms with E-state index in [2.05, 4.69) is 0 Å². The third kappa shape index (κ3) is 5.17. The van der Waals surface area contributed by atoms with Crippen LogP contribution in [0.2, 0.25) is 0 Å². The number of ketones is 1. The van der Waals surface area contributed by atoms with Gasteiger partial charge in [-0.3, -0.25) is 14.9 Å². The van der Waals surface area contributed by atoms with Crippen LogP contribution in [0.15, 0.2) is 78.9 Å². The number of carbonyl (C=O) groups is 2. The first-order valence-corrected chi connectivity index (χ1v) is 8.89. The average Bonchev–Trinajstić information content (AvgIpc) is 2.78. The van der Waals surface area contributed by atoms with E-state index in [4.69, 9.17) is 9.47 Å². The molecule has 0 aliphatic carbocycles. The molecule has 150 valence electrons. The van der Waals surface area contributed by atoms with Crippen LogP contribution in [0.5, 0.6) is 11.5 Å². The highest BCUT2D eigenvalue weighted by Crippen LogP contribution is 2.19. The third-order valence-electron chi connectivity index (χ3n) is 4.16. The normalized spacial score (nSPS) is 10.6. The molecule has 3 aromatic rings. The molecule has 0 heterocycles. The molecular weight excluding hydrogens is 386 g/mol. The molecule has 0 aliphatic rings. The van der Waals surface area contributed by atoms with Gasteiger partial charge in [0.25, 0.3) is 5.69 Å². The average molecular weight is 403 g/mol. The van der Waals surface area contributed by atoms with E-state index in [1.54, 1.807) is 61.7 Å². The molecule has 0 bridgehead atoms. The van der Waals surface area contributed by atoms with Crippen LogP contribution in [0.4, 0.5) is 5.69 Å². The van der Waals surface area contributed by atoms with Crippen LogP contribution >= 0.6 is 0 Å². The molecule has 0 spiro atoms. The van der Waals surface area contributed by atoms with Crippen molar-refractivity contribution in [1.82, 2.24) is 0 Å². The number of rotatable bonds is 7. The highest BCUT2D eigenvalue weighted by atomic mass is 16.6. The van der Waals surface area contributed by atoms with Crippen LogP contribution in [0.3, 0.4) is 0 Å². The van der Waals surface area contributed by atoms with Crippen molar-refractivity contribution >= 4 is 23.5 Å². The second-order valence-electron chi connectivity index (χ2n) is 6.20. The number of non-ortho nitro benzene ring substituents is 1. The SMILES string of the molecule is COc1ccc(C(=O)C=Cc2cccc(OC(=O)c3cccc([N+](=O)[O-])c3)c2)cc1. The molecule has 0 saturated heterocycles. The Morgan fingerprint density at radius 2 is 1.63 bits per heavy atom. The van der Waals surface area contributed by atoms with Crippen LogP contribution in [0.25, 0.3) is 6.08 Å². The Labute approximate surface area is 172 Å². The van der Waals surface area contributed by atoms with Gasteiger partial charge in [0, 0.05) is 17.7 Å². The summed E-state index contributed by atoms with van der Waals surface area (Å²) in [5.41, 5.74) is 1.04. The van der Waals surface area contributed by atoms with Gasteiger partial charge in [-0.05, 0) is 54.1 Å². The Morgan fingerprint density at radius 3 is 2.33 bits per heavy atom. The number of carbonyl (C=O) groups excluding carboxylic acids is 2. The fourth-order valence-electron chi connectivity index (χ4n) is 2.62. The number of methoxy groups -OCH3 is 1. The lowest BCUT2D eigenvalue weighted by molar-refractivity contribution is -0.384. The number of hydrogen-bond donors (Lipinski definition) is 0. The Morgan fingerprint density at radius 1 is 0.900 bits per heavy atom. The second kappa shape index (κ2) is 9.29. The summed E-state index contributed by atoms with van der Waals surface area (Å²) in [6.45, 7) is 0. The number of nitro groups is 1. The van der Waals surface area contributed by atoms with Crippen LogP contribution in [-0.2, 0) is 0 Å². The maximum atomic E-state index is 12.3. The van der Waals surface area contributed by atoms with Crippen molar-refractivity contribution in [2.75, 3.05) is 7.11 Å². The van der Waals surface area contributed by atoms with E-state index in [0.717, 1.165) is 6.07 Å². The molecule has 0 amide bonds. The van der Waals surface area contributed by atoms with Gasteiger partial charge in [0.05, 0.1) is 17.6 Å². The van der Waals surface area contributed by atoms with Crippen LogP contribution in [0, 0.1) is 10.1 Å². The predicted octanol–water partition coefficient (Wildman–Crippen LogP) is 4.72. The fourth-order valence-corrected chi connectivity index (χ4v) is 2.62. The van der Waals surface area contributed by atoms with E-state index in [-0.39, 0.29) is 22.8 Å². The summed E-state index contributed by atoms with van der Waals surface area (Å²) >= 11 is 0. The van der Waals surface area contributed by atoms with E-state index < -0.39 is 10.9 Å². The topological polar surface area (TPSA) is 95.7 Å². The molecule has 0 fully saturated rings. The van der Waals surface area contributed by atoms with Gasteiger partial charge in [-0.15, -0.1) is 0 Å². The van der Waals surface area contributed by atoms with Gasteiger partial charge in [0.1, 0.15) is 11.5 Å². The molecule has 7 heteroatoms.